The van der Waals surface area contributed by atoms with E-state index in [1.54, 1.807) is 0 Å². The number of rotatable bonds is 4. The highest BCUT2D eigenvalue weighted by Gasteiger charge is 2.19. The minimum absolute atomic E-state index is 0.650. The van der Waals surface area contributed by atoms with Crippen LogP contribution >= 0.6 is 27.3 Å². The summed E-state index contributed by atoms with van der Waals surface area (Å²) in [4.78, 5) is 1.40. The summed E-state index contributed by atoms with van der Waals surface area (Å²) in [6.07, 6.45) is 2.69. The lowest BCUT2D eigenvalue weighted by Crippen LogP contribution is -2.46. The molecule has 2 rings (SSSR count). The minimum atomic E-state index is 0.650. The highest BCUT2D eigenvalue weighted by atomic mass is 79.9. The van der Waals surface area contributed by atoms with Gasteiger partial charge in [0.05, 0.1) is 0 Å². The summed E-state index contributed by atoms with van der Waals surface area (Å²) in [5, 5.41) is 9.27. The second-order valence-electron chi connectivity index (χ2n) is 4.54. The maximum Gasteiger partial charge on any atom is 0.0300 e. The summed E-state index contributed by atoms with van der Waals surface area (Å²) in [5.41, 5.74) is 0. The molecule has 2 atom stereocenters. The van der Waals surface area contributed by atoms with Gasteiger partial charge in [-0.2, -0.15) is 0 Å². The van der Waals surface area contributed by atoms with Gasteiger partial charge in [0.25, 0.3) is 0 Å². The number of hydrogen-bond donors (Lipinski definition) is 2. The first-order chi connectivity index (χ1) is 7.75. The molecular weight excluding hydrogens is 284 g/mol. The smallest absolute Gasteiger partial charge is 0.0300 e. The molecule has 1 aliphatic rings. The Morgan fingerprint density at radius 1 is 1.62 bits per heavy atom. The van der Waals surface area contributed by atoms with Crippen molar-refractivity contribution >= 4 is 27.3 Å². The third-order valence-electron chi connectivity index (χ3n) is 3.21. The van der Waals surface area contributed by atoms with E-state index in [9.17, 15) is 0 Å². The SMILES string of the molecule is CC1CCCNC1CNCc1cc(Br)cs1. The third kappa shape index (κ3) is 3.55. The van der Waals surface area contributed by atoms with E-state index in [1.165, 1.54) is 28.7 Å². The van der Waals surface area contributed by atoms with Crippen LogP contribution in [0.5, 0.6) is 0 Å². The number of halogens is 1. The molecule has 1 aromatic rings. The molecule has 0 aliphatic carbocycles. The number of piperidine rings is 1. The summed E-state index contributed by atoms with van der Waals surface area (Å²) in [6, 6.07) is 2.84. The van der Waals surface area contributed by atoms with Crippen molar-refractivity contribution in [1.82, 2.24) is 10.6 Å². The Labute approximate surface area is 110 Å². The van der Waals surface area contributed by atoms with Crippen LogP contribution in [0.4, 0.5) is 0 Å². The van der Waals surface area contributed by atoms with Crippen LogP contribution in [-0.4, -0.2) is 19.1 Å². The third-order valence-corrected chi connectivity index (χ3v) is 4.91. The molecule has 0 spiro atoms. The molecule has 90 valence electrons. The van der Waals surface area contributed by atoms with E-state index in [0.29, 0.717) is 6.04 Å². The quantitative estimate of drug-likeness (QED) is 0.893. The van der Waals surface area contributed by atoms with Crippen molar-refractivity contribution in [1.29, 1.82) is 0 Å². The van der Waals surface area contributed by atoms with Crippen LogP contribution in [0.15, 0.2) is 15.9 Å². The number of thiophene rings is 1. The Balaban J connectivity index is 1.71. The fourth-order valence-electron chi connectivity index (χ4n) is 2.18. The summed E-state index contributed by atoms with van der Waals surface area (Å²) < 4.78 is 1.19. The molecule has 2 N–H and O–H groups in total. The van der Waals surface area contributed by atoms with Crippen LogP contribution in [0.1, 0.15) is 24.6 Å². The first-order valence-corrected chi connectivity index (χ1v) is 7.60. The predicted molar refractivity (Wildman–Crippen MR) is 73.9 cm³/mol. The van der Waals surface area contributed by atoms with Gasteiger partial charge in [-0.3, -0.25) is 0 Å². The van der Waals surface area contributed by atoms with Gasteiger partial charge >= 0.3 is 0 Å². The second-order valence-corrected chi connectivity index (χ2v) is 6.45. The van der Waals surface area contributed by atoms with E-state index in [-0.39, 0.29) is 0 Å². The summed E-state index contributed by atoms with van der Waals surface area (Å²) >= 11 is 5.29. The zero-order chi connectivity index (χ0) is 11.4. The Hall–Kier alpha value is 0.1000. The van der Waals surface area contributed by atoms with Gasteiger partial charge in [-0.1, -0.05) is 6.92 Å². The average Bonchev–Trinajstić information content (AvgIpc) is 2.67. The van der Waals surface area contributed by atoms with Gasteiger partial charge < -0.3 is 10.6 Å². The van der Waals surface area contributed by atoms with Crippen molar-refractivity contribution in [3.8, 4) is 0 Å². The summed E-state index contributed by atoms with van der Waals surface area (Å²) in [5.74, 6) is 0.802. The van der Waals surface area contributed by atoms with Crippen LogP contribution in [-0.2, 0) is 6.54 Å². The van der Waals surface area contributed by atoms with E-state index in [4.69, 9.17) is 0 Å². The molecule has 16 heavy (non-hydrogen) atoms. The average molecular weight is 303 g/mol. The van der Waals surface area contributed by atoms with Crippen LogP contribution in [0.3, 0.4) is 0 Å². The Kier molecular flexibility index (Phi) is 4.82. The minimum Gasteiger partial charge on any atom is -0.312 e. The van der Waals surface area contributed by atoms with Crippen LogP contribution in [0.25, 0.3) is 0 Å². The first kappa shape index (κ1) is 12.6. The van der Waals surface area contributed by atoms with E-state index in [0.717, 1.165) is 19.0 Å². The highest BCUT2D eigenvalue weighted by Crippen LogP contribution is 2.19. The van der Waals surface area contributed by atoms with E-state index >= 15 is 0 Å². The normalized spacial score (nSPS) is 25.9. The van der Waals surface area contributed by atoms with E-state index < -0.39 is 0 Å². The van der Waals surface area contributed by atoms with Gasteiger partial charge in [0.1, 0.15) is 0 Å². The van der Waals surface area contributed by atoms with Gasteiger partial charge in [-0.25, -0.2) is 0 Å². The van der Waals surface area contributed by atoms with Crippen molar-refractivity contribution in [2.75, 3.05) is 13.1 Å². The van der Waals surface area contributed by atoms with Crippen molar-refractivity contribution in [3.63, 3.8) is 0 Å². The molecule has 0 radical (unpaired) electrons. The molecule has 1 aromatic heterocycles. The maximum atomic E-state index is 3.59. The Morgan fingerprint density at radius 3 is 3.19 bits per heavy atom. The Morgan fingerprint density at radius 2 is 2.50 bits per heavy atom. The zero-order valence-corrected chi connectivity index (χ0v) is 12.0. The van der Waals surface area contributed by atoms with Gasteiger partial charge in [0.2, 0.25) is 0 Å². The molecular formula is C12H19BrN2S. The van der Waals surface area contributed by atoms with Crippen LogP contribution in [0.2, 0.25) is 0 Å². The van der Waals surface area contributed by atoms with Gasteiger partial charge in [-0.05, 0) is 47.3 Å². The lowest BCUT2D eigenvalue weighted by atomic mass is 9.93. The standard InChI is InChI=1S/C12H19BrN2S/c1-9-3-2-4-15-12(9)7-14-6-11-5-10(13)8-16-11/h5,8-9,12,14-15H,2-4,6-7H2,1H3. The number of hydrogen-bond acceptors (Lipinski definition) is 3. The molecule has 4 heteroatoms. The molecule has 2 nitrogen and oxygen atoms in total. The fourth-order valence-corrected chi connectivity index (χ4v) is 3.61. The van der Waals surface area contributed by atoms with Crippen LogP contribution < -0.4 is 10.6 Å². The summed E-state index contributed by atoms with van der Waals surface area (Å²) in [6.45, 7) is 5.60. The molecule has 2 heterocycles. The molecule has 1 saturated heterocycles. The predicted octanol–water partition coefficient (Wildman–Crippen LogP) is 2.99. The second kappa shape index (κ2) is 6.15. The molecule has 0 bridgehead atoms. The number of nitrogens with one attached hydrogen (secondary N) is 2. The zero-order valence-electron chi connectivity index (χ0n) is 9.63. The lowest BCUT2D eigenvalue weighted by molar-refractivity contribution is 0.290. The van der Waals surface area contributed by atoms with Crippen molar-refractivity contribution in [3.05, 3.63) is 20.8 Å². The lowest BCUT2D eigenvalue weighted by Gasteiger charge is -2.30. The molecule has 1 aliphatic heterocycles. The maximum absolute atomic E-state index is 3.59. The van der Waals surface area contributed by atoms with Gasteiger partial charge in [0.15, 0.2) is 0 Å². The van der Waals surface area contributed by atoms with Crippen molar-refractivity contribution in [2.24, 2.45) is 5.92 Å². The van der Waals surface area contributed by atoms with Gasteiger partial charge in [0, 0.05) is 33.9 Å². The molecule has 0 aromatic carbocycles. The van der Waals surface area contributed by atoms with Crippen molar-refractivity contribution < 1.29 is 0 Å². The van der Waals surface area contributed by atoms with E-state index in [2.05, 4.69) is 44.9 Å². The molecule has 0 amide bonds. The van der Waals surface area contributed by atoms with Gasteiger partial charge in [-0.15, -0.1) is 11.3 Å². The van der Waals surface area contributed by atoms with Crippen LogP contribution in [0, 0.1) is 5.92 Å². The highest BCUT2D eigenvalue weighted by molar-refractivity contribution is 9.10. The van der Waals surface area contributed by atoms with Crippen molar-refractivity contribution in [2.45, 2.75) is 32.4 Å². The first-order valence-electron chi connectivity index (χ1n) is 5.92. The monoisotopic (exact) mass is 302 g/mol. The summed E-state index contributed by atoms with van der Waals surface area (Å²) in [7, 11) is 0. The van der Waals surface area contributed by atoms with E-state index in [1.807, 2.05) is 11.3 Å². The topological polar surface area (TPSA) is 24.1 Å². The largest absolute Gasteiger partial charge is 0.312 e. The molecule has 0 saturated carbocycles. The molecule has 1 fully saturated rings. The molecule has 2 unspecified atom stereocenters. The Bertz CT molecular complexity index is 327. The fraction of sp³-hybridized carbons (Fsp3) is 0.667.